The molecule has 124 valence electrons. The summed E-state index contributed by atoms with van der Waals surface area (Å²) in [5.41, 5.74) is 0.633. The monoisotopic (exact) mass is 330 g/mol. The van der Waals surface area contributed by atoms with E-state index in [0.717, 1.165) is 4.90 Å². The summed E-state index contributed by atoms with van der Waals surface area (Å²) in [6.07, 6.45) is 0.458. The van der Waals surface area contributed by atoms with Gasteiger partial charge in [-0.05, 0) is 24.3 Å². The van der Waals surface area contributed by atoms with E-state index in [1.807, 2.05) is 0 Å². The summed E-state index contributed by atoms with van der Waals surface area (Å²) in [6.45, 7) is -0.326. The number of benzene rings is 2. The standard InChI is InChI=1S/C17H15FN2O4/c18-15-7-2-1-4-13(15)9-20(11-21)10-16(22)19-14-6-3-5-12(8-14)17(23)24/h1-8,11H,9-10H2,(H,19,22)(H,23,24). The van der Waals surface area contributed by atoms with Gasteiger partial charge >= 0.3 is 5.97 Å². The second kappa shape index (κ2) is 7.87. The summed E-state index contributed by atoms with van der Waals surface area (Å²) < 4.78 is 13.6. The van der Waals surface area contributed by atoms with Gasteiger partial charge < -0.3 is 15.3 Å². The minimum atomic E-state index is -1.11. The van der Waals surface area contributed by atoms with E-state index in [0.29, 0.717) is 17.7 Å². The lowest BCUT2D eigenvalue weighted by Gasteiger charge is -2.17. The Hall–Kier alpha value is -3.22. The van der Waals surface area contributed by atoms with E-state index < -0.39 is 17.7 Å². The first-order valence-corrected chi connectivity index (χ1v) is 7.05. The van der Waals surface area contributed by atoms with Crippen LogP contribution >= 0.6 is 0 Å². The molecule has 0 aliphatic carbocycles. The van der Waals surface area contributed by atoms with Gasteiger partial charge in [0, 0.05) is 17.8 Å². The van der Waals surface area contributed by atoms with Crippen molar-refractivity contribution in [1.82, 2.24) is 4.90 Å². The van der Waals surface area contributed by atoms with Crippen LogP contribution in [0.4, 0.5) is 10.1 Å². The van der Waals surface area contributed by atoms with Crippen molar-refractivity contribution in [1.29, 1.82) is 0 Å². The molecule has 6 nitrogen and oxygen atoms in total. The molecule has 2 N–H and O–H groups in total. The van der Waals surface area contributed by atoms with E-state index in [9.17, 15) is 18.8 Å². The van der Waals surface area contributed by atoms with Crippen LogP contribution in [-0.4, -0.2) is 34.8 Å². The van der Waals surface area contributed by atoms with Crippen molar-refractivity contribution in [3.63, 3.8) is 0 Å². The van der Waals surface area contributed by atoms with Crippen LogP contribution in [0.15, 0.2) is 48.5 Å². The number of nitrogens with zero attached hydrogens (tertiary/aromatic N) is 1. The van der Waals surface area contributed by atoms with Gasteiger partial charge in [-0.1, -0.05) is 24.3 Å². The Kier molecular flexibility index (Phi) is 5.62. The fourth-order valence-corrected chi connectivity index (χ4v) is 2.09. The summed E-state index contributed by atoms with van der Waals surface area (Å²) in [5.74, 6) is -2.08. The number of rotatable bonds is 7. The highest BCUT2D eigenvalue weighted by atomic mass is 19.1. The van der Waals surface area contributed by atoms with Crippen molar-refractivity contribution >= 4 is 24.0 Å². The highest BCUT2D eigenvalue weighted by Crippen LogP contribution is 2.12. The largest absolute Gasteiger partial charge is 0.478 e. The molecule has 0 saturated carbocycles. The highest BCUT2D eigenvalue weighted by Gasteiger charge is 2.12. The molecule has 0 saturated heterocycles. The van der Waals surface area contributed by atoms with E-state index >= 15 is 0 Å². The van der Waals surface area contributed by atoms with Gasteiger partial charge in [0.15, 0.2) is 0 Å². The first kappa shape index (κ1) is 17.1. The number of anilines is 1. The number of carbonyl (C=O) groups excluding carboxylic acids is 2. The number of nitrogens with one attached hydrogen (secondary N) is 1. The van der Waals surface area contributed by atoms with Gasteiger partial charge in [0.25, 0.3) is 0 Å². The van der Waals surface area contributed by atoms with Crippen LogP contribution in [0.5, 0.6) is 0 Å². The number of aromatic carboxylic acids is 1. The lowest BCUT2D eigenvalue weighted by molar-refractivity contribution is -0.125. The van der Waals surface area contributed by atoms with Gasteiger partial charge in [-0.25, -0.2) is 9.18 Å². The SMILES string of the molecule is O=CN(CC(=O)Nc1cccc(C(=O)O)c1)Cc1ccccc1F. The number of carboxylic acid groups (broad SMARTS) is 1. The molecule has 0 fully saturated rings. The molecule has 0 radical (unpaired) electrons. The van der Waals surface area contributed by atoms with Crippen LogP contribution < -0.4 is 5.32 Å². The van der Waals surface area contributed by atoms with Gasteiger partial charge in [0.1, 0.15) is 5.82 Å². The predicted octanol–water partition coefficient (Wildman–Crippen LogP) is 2.12. The second-order valence-electron chi connectivity index (χ2n) is 5.04. The lowest BCUT2D eigenvalue weighted by Crippen LogP contribution is -2.32. The molecule has 0 bridgehead atoms. The van der Waals surface area contributed by atoms with Crippen molar-refractivity contribution in [2.24, 2.45) is 0 Å². The van der Waals surface area contributed by atoms with Gasteiger partial charge in [-0.15, -0.1) is 0 Å². The van der Waals surface area contributed by atoms with Gasteiger partial charge in [0.2, 0.25) is 12.3 Å². The van der Waals surface area contributed by atoms with E-state index in [2.05, 4.69) is 5.32 Å². The lowest BCUT2D eigenvalue weighted by atomic mass is 10.2. The summed E-state index contributed by atoms with van der Waals surface area (Å²) in [4.78, 5) is 35.1. The maximum absolute atomic E-state index is 13.6. The van der Waals surface area contributed by atoms with Crippen LogP contribution in [0, 0.1) is 5.82 Å². The minimum absolute atomic E-state index is 0.0337. The number of halogens is 1. The third kappa shape index (κ3) is 4.64. The summed E-state index contributed by atoms with van der Waals surface area (Å²) in [6, 6.07) is 11.7. The zero-order chi connectivity index (χ0) is 17.5. The van der Waals surface area contributed by atoms with Crippen LogP contribution in [-0.2, 0) is 16.1 Å². The fourth-order valence-electron chi connectivity index (χ4n) is 2.09. The molecule has 2 amide bonds. The van der Waals surface area contributed by atoms with Crippen molar-refractivity contribution in [2.45, 2.75) is 6.54 Å². The molecule has 2 aromatic rings. The molecule has 0 heterocycles. The third-order valence-electron chi connectivity index (χ3n) is 3.22. The van der Waals surface area contributed by atoms with Crippen molar-refractivity contribution < 1.29 is 23.9 Å². The zero-order valence-electron chi connectivity index (χ0n) is 12.6. The first-order chi connectivity index (χ1) is 11.5. The average Bonchev–Trinajstić information content (AvgIpc) is 2.56. The Bertz CT molecular complexity index is 764. The average molecular weight is 330 g/mol. The van der Waals surface area contributed by atoms with Crippen molar-refractivity contribution in [3.8, 4) is 0 Å². The molecule has 0 spiro atoms. The Morgan fingerprint density at radius 1 is 1.17 bits per heavy atom. The topological polar surface area (TPSA) is 86.7 Å². The Morgan fingerprint density at radius 3 is 2.58 bits per heavy atom. The summed E-state index contributed by atoms with van der Waals surface area (Å²) >= 11 is 0. The summed E-state index contributed by atoms with van der Waals surface area (Å²) in [7, 11) is 0. The second-order valence-corrected chi connectivity index (χ2v) is 5.04. The van der Waals surface area contributed by atoms with Gasteiger partial charge in [-0.2, -0.15) is 0 Å². The van der Waals surface area contributed by atoms with E-state index in [4.69, 9.17) is 5.11 Å². The number of amides is 2. The normalized spacial score (nSPS) is 10.0. The Morgan fingerprint density at radius 2 is 1.92 bits per heavy atom. The zero-order valence-corrected chi connectivity index (χ0v) is 12.6. The van der Waals surface area contributed by atoms with E-state index in [1.165, 1.54) is 42.5 Å². The Labute approximate surface area is 137 Å². The molecule has 2 rings (SSSR count). The molecular weight excluding hydrogens is 315 g/mol. The molecular formula is C17H15FN2O4. The van der Waals surface area contributed by atoms with Crippen LogP contribution in [0.25, 0.3) is 0 Å². The minimum Gasteiger partial charge on any atom is -0.478 e. The van der Waals surface area contributed by atoms with E-state index in [1.54, 1.807) is 6.07 Å². The van der Waals surface area contributed by atoms with Gasteiger partial charge in [-0.3, -0.25) is 9.59 Å². The molecule has 0 atom stereocenters. The number of hydrogen-bond donors (Lipinski definition) is 2. The van der Waals surface area contributed by atoms with Crippen molar-refractivity contribution in [2.75, 3.05) is 11.9 Å². The summed E-state index contributed by atoms with van der Waals surface area (Å²) in [5, 5.41) is 11.4. The fraction of sp³-hybridized carbons (Fsp3) is 0.118. The number of carbonyl (C=O) groups is 3. The third-order valence-corrected chi connectivity index (χ3v) is 3.22. The van der Waals surface area contributed by atoms with Crippen LogP contribution in [0.3, 0.4) is 0 Å². The highest BCUT2D eigenvalue weighted by molar-refractivity contribution is 5.95. The number of hydrogen-bond acceptors (Lipinski definition) is 3. The smallest absolute Gasteiger partial charge is 0.335 e. The van der Waals surface area contributed by atoms with Crippen molar-refractivity contribution in [3.05, 3.63) is 65.5 Å². The first-order valence-electron chi connectivity index (χ1n) is 7.05. The maximum atomic E-state index is 13.6. The molecule has 0 aliphatic heterocycles. The quantitative estimate of drug-likeness (QED) is 0.761. The molecule has 2 aromatic carbocycles. The van der Waals surface area contributed by atoms with Gasteiger partial charge in [0.05, 0.1) is 12.1 Å². The number of carboxylic acids is 1. The maximum Gasteiger partial charge on any atom is 0.335 e. The van der Waals surface area contributed by atoms with Crippen LogP contribution in [0.2, 0.25) is 0 Å². The predicted molar refractivity (Wildman–Crippen MR) is 84.9 cm³/mol. The Balaban J connectivity index is 1.99. The molecule has 24 heavy (non-hydrogen) atoms. The van der Waals surface area contributed by atoms with Crippen LogP contribution in [0.1, 0.15) is 15.9 Å². The molecule has 7 heteroatoms. The molecule has 0 aromatic heterocycles. The van der Waals surface area contributed by atoms with E-state index in [-0.39, 0.29) is 18.7 Å². The molecule has 0 aliphatic rings. The molecule has 0 unspecified atom stereocenters.